The molecule has 0 bridgehead atoms. The van der Waals surface area contributed by atoms with Crippen molar-refractivity contribution < 1.29 is 19.0 Å². The van der Waals surface area contributed by atoms with Crippen molar-refractivity contribution in [2.24, 2.45) is 10.1 Å². The summed E-state index contributed by atoms with van der Waals surface area (Å²) in [7, 11) is 4.73. The van der Waals surface area contributed by atoms with Crippen LogP contribution in [-0.4, -0.2) is 37.4 Å². The molecule has 0 saturated carbocycles. The number of amidine groups is 1. The largest absolute Gasteiger partial charge is 0.496 e. The van der Waals surface area contributed by atoms with Crippen LogP contribution in [0.5, 0.6) is 17.2 Å². The van der Waals surface area contributed by atoms with Crippen LogP contribution in [0.25, 0.3) is 5.70 Å². The highest BCUT2D eigenvalue weighted by atomic mass is 32.2. The zero-order valence-electron chi connectivity index (χ0n) is 19.5. The number of benzene rings is 3. The minimum Gasteiger partial charge on any atom is -0.496 e. The standard InChI is InChI=1S/C26H24N4O4S/c1-32-20-14-22(34-3)21(33-2)13-18(20)24-27-19-12-8-7-11-17(19)23-25(31)28-26(29-30(23)24)35-15-16-9-5-4-6-10-16/h4-14,24H,15H2,1-3H3,(H,28,29,31)/t24-/m1/s1. The second kappa shape index (κ2) is 9.71. The van der Waals surface area contributed by atoms with E-state index in [1.165, 1.54) is 11.8 Å². The molecule has 1 atom stereocenters. The molecule has 5 rings (SSSR count). The van der Waals surface area contributed by atoms with E-state index in [-0.39, 0.29) is 5.91 Å². The normalized spacial score (nSPS) is 16.4. The van der Waals surface area contributed by atoms with Crippen molar-refractivity contribution in [3.63, 3.8) is 0 Å². The van der Waals surface area contributed by atoms with Gasteiger partial charge in [-0.05, 0) is 17.7 Å². The number of nitrogens with one attached hydrogen (secondary N) is 1. The molecule has 0 unspecified atom stereocenters. The first-order valence-electron chi connectivity index (χ1n) is 11.0. The van der Waals surface area contributed by atoms with Gasteiger partial charge in [0.15, 0.2) is 22.8 Å². The Kier molecular flexibility index (Phi) is 6.33. The second-order valence-electron chi connectivity index (χ2n) is 7.80. The van der Waals surface area contributed by atoms with Crippen LogP contribution in [-0.2, 0) is 10.5 Å². The van der Waals surface area contributed by atoms with Gasteiger partial charge in [0.05, 0.1) is 26.7 Å². The number of thioether (sulfide) groups is 1. The maximum Gasteiger partial charge on any atom is 0.276 e. The summed E-state index contributed by atoms with van der Waals surface area (Å²) in [4.78, 5) is 18.3. The molecule has 178 valence electrons. The van der Waals surface area contributed by atoms with Crippen LogP contribution in [0.1, 0.15) is 17.3 Å². The van der Waals surface area contributed by atoms with Gasteiger partial charge in [-0.2, -0.15) is 0 Å². The van der Waals surface area contributed by atoms with Gasteiger partial charge in [-0.1, -0.05) is 60.3 Å². The Labute approximate surface area is 206 Å². The average molecular weight is 489 g/mol. The molecular weight excluding hydrogens is 464 g/mol. The number of hydrogen-bond donors (Lipinski definition) is 1. The quantitative estimate of drug-likeness (QED) is 0.575. The number of ether oxygens (including phenoxy) is 3. The summed E-state index contributed by atoms with van der Waals surface area (Å²) >= 11 is 1.46. The molecule has 35 heavy (non-hydrogen) atoms. The van der Waals surface area contributed by atoms with Crippen molar-refractivity contribution in [3.05, 3.63) is 88.4 Å². The number of rotatable bonds is 6. The minimum atomic E-state index is -0.645. The molecular formula is C26H24N4O4S. The molecule has 2 aliphatic rings. The summed E-state index contributed by atoms with van der Waals surface area (Å²) in [6.45, 7) is 0. The molecule has 0 saturated heterocycles. The molecule has 0 aliphatic carbocycles. The molecule has 9 heteroatoms. The smallest absolute Gasteiger partial charge is 0.276 e. The van der Waals surface area contributed by atoms with E-state index in [1.54, 1.807) is 32.4 Å². The van der Waals surface area contributed by atoms with Crippen LogP contribution < -0.4 is 30.1 Å². The van der Waals surface area contributed by atoms with Crippen molar-refractivity contribution in [3.8, 4) is 17.2 Å². The highest BCUT2D eigenvalue weighted by molar-refractivity contribution is 8.13. The van der Waals surface area contributed by atoms with Crippen LogP contribution >= 0.6 is 11.8 Å². The van der Waals surface area contributed by atoms with E-state index >= 15 is 0 Å². The number of nitrogens with zero attached hydrogens (tertiary/aromatic N) is 3. The highest BCUT2D eigenvalue weighted by Crippen LogP contribution is 2.41. The fraction of sp³-hybridized carbons (Fsp3) is 0.192. The van der Waals surface area contributed by atoms with Crippen molar-refractivity contribution in [1.29, 1.82) is 0 Å². The number of para-hydroxylation sites is 1. The summed E-state index contributed by atoms with van der Waals surface area (Å²) in [5.41, 5.74) is 2.26. The molecule has 0 aromatic heterocycles. The van der Waals surface area contributed by atoms with E-state index in [4.69, 9.17) is 24.3 Å². The topological polar surface area (TPSA) is 84.8 Å². The molecule has 2 heterocycles. The summed E-state index contributed by atoms with van der Waals surface area (Å²) in [5.74, 6) is 2.05. The molecule has 0 fully saturated rings. The fourth-order valence-corrected chi connectivity index (χ4v) is 4.88. The Morgan fingerprint density at radius 3 is 2.34 bits per heavy atom. The lowest BCUT2D eigenvalue weighted by Gasteiger charge is -2.34. The van der Waals surface area contributed by atoms with Crippen LogP contribution in [0.3, 0.4) is 0 Å². The van der Waals surface area contributed by atoms with Gasteiger partial charge >= 0.3 is 0 Å². The van der Waals surface area contributed by atoms with E-state index < -0.39 is 6.17 Å². The molecule has 1 amide bonds. The van der Waals surface area contributed by atoms with Gasteiger partial charge in [0.25, 0.3) is 5.91 Å². The minimum absolute atomic E-state index is 0.234. The third kappa shape index (κ3) is 4.30. The van der Waals surface area contributed by atoms with Crippen molar-refractivity contribution in [2.45, 2.75) is 11.9 Å². The van der Waals surface area contributed by atoms with Crippen molar-refractivity contribution in [2.75, 3.05) is 21.3 Å². The Morgan fingerprint density at radius 1 is 0.914 bits per heavy atom. The predicted molar refractivity (Wildman–Crippen MR) is 135 cm³/mol. The number of carbonyl (C=O) groups excluding carboxylic acids is 1. The molecule has 2 aliphatic heterocycles. The zero-order chi connectivity index (χ0) is 24.4. The fourth-order valence-electron chi connectivity index (χ4n) is 4.08. The number of fused-ring (bicyclic) bond motifs is 2. The zero-order valence-corrected chi connectivity index (χ0v) is 20.3. The Bertz CT molecular complexity index is 1430. The first-order valence-corrected chi connectivity index (χ1v) is 11.9. The molecule has 3 aromatic rings. The summed E-state index contributed by atoms with van der Waals surface area (Å²) in [6, 6.07) is 21.1. The molecule has 0 spiro atoms. The second-order valence-corrected chi connectivity index (χ2v) is 8.76. The van der Waals surface area contributed by atoms with Crippen LogP contribution in [0.15, 0.2) is 76.8 Å². The number of amides is 1. The van der Waals surface area contributed by atoms with Crippen LogP contribution in [0, 0.1) is 0 Å². The number of methoxy groups -OCH3 is 3. The summed E-state index contributed by atoms with van der Waals surface area (Å²) in [6.07, 6.45) is -0.645. The number of hydrogen-bond acceptors (Lipinski definition) is 8. The first kappa shape index (κ1) is 22.8. The summed E-state index contributed by atoms with van der Waals surface area (Å²) in [5, 5.41) is 11.4. The Hall–Kier alpha value is -3.98. The van der Waals surface area contributed by atoms with Crippen molar-refractivity contribution >= 4 is 28.5 Å². The van der Waals surface area contributed by atoms with E-state index in [1.807, 2.05) is 60.7 Å². The van der Waals surface area contributed by atoms with Gasteiger partial charge < -0.3 is 14.2 Å². The van der Waals surface area contributed by atoms with Gasteiger partial charge in [0.2, 0.25) is 0 Å². The van der Waals surface area contributed by atoms with E-state index in [0.29, 0.717) is 44.8 Å². The molecule has 0 radical (unpaired) electrons. The third-order valence-electron chi connectivity index (χ3n) is 5.75. The van der Waals surface area contributed by atoms with E-state index in [9.17, 15) is 4.79 Å². The Morgan fingerprint density at radius 2 is 1.60 bits per heavy atom. The SMILES string of the molecule is COc1cc(OC)c([C@@H]2N=c3ccccc3=C3C(=O)NC(SCc4ccccc4)=NN32)cc1OC. The number of carbonyl (C=O) groups is 1. The molecule has 3 aromatic carbocycles. The van der Waals surface area contributed by atoms with Gasteiger partial charge in [0.1, 0.15) is 11.4 Å². The average Bonchev–Trinajstić information content (AvgIpc) is 2.91. The summed E-state index contributed by atoms with van der Waals surface area (Å²) < 4.78 is 16.7. The monoisotopic (exact) mass is 488 g/mol. The number of hydrazone groups is 1. The maximum atomic E-state index is 13.4. The van der Waals surface area contributed by atoms with E-state index in [0.717, 1.165) is 10.8 Å². The Balaban J connectivity index is 1.63. The lowest BCUT2D eigenvalue weighted by molar-refractivity contribution is -0.116. The lowest BCUT2D eigenvalue weighted by Crippen LogP contribution is -2.50. The van der Waals surface area contributed by atoms with Gasteiger partial charge in [0, 0.05) is 22.6 Å². The van der Waals surface area contributed by atoms with Gasteiger partial charge in [-0.15, -0.1) is 5.10 Å². The third-order valence-corrected chi connectivity index (χ3v) is 6.68. The maximum absolute atomic E-state index is 13.4. The highest BCUT2D eigenvalue weighted by Gasteiger charge is 2.36. The van der Waals surface area contributed by atoms with E-state index in [2.05, 4.69) is 5.32 Å². The van der Waals surface area contributed by atoms with Crippen LogP contribution in [0.2, 0.25) is 0 Å². The molecule has 1 N–H and O–H groups in total. The van der Waals surface area contributed by atoms with Crippen molar-refractivity contribution in [1.82, 2.24) is 10.3 Å². The van der Waals surface area contributed by atoms with Crippen LogP contribution in [0.4, 0.5) is 0 Å². The van der Waals surface area contributed by atoms with Gasteiger partial charge in [-0.25, -0.2) is 5.01 Å². The first-order chi connectivity index (χ1) is 17.1. The lowest BCUT2D eigenvalue weighted by atomic mass is 10.1. The van der Waals surface area contributed by atoms with Gasteiger partial charge in [-0.3, -0.25) is 15.1 Å². The predicted octanol–water partition coefficient (Wildman–Crippen LogP) is 2.79. The molecule has 8 nitrogen and oxygen atoms in total.